The van der Waals surface area contributed by atoms with Gasteiger partial charge in [-0.1, -0.05) is 20.8 Å². The number of nitrogens with zero attached hydrogens (tertiary/aromatic N) is 1. The van der Waals surface area contributed by atoms with E-state index in [4.69, 9.17) is 5.73 Å². The quantitative estimate of drug-likeness (QED) is 0.731. The molecule has 0 amide bonds. The van der Waals surface area contributed by atoms with Gasteiger partial charge in [0.05, 0.1) is 0 Å². The zero-order chi connectivity index (χ0) is 10.6. The van der Waals surface area contributed by atoms with Gasteiger partial charge in [-0.15, -0.1) is 0 Å². The minimum Gasteiger partial charge on any atom is -0.330 e. The summed E-state index contributed by atoms with van der Waals surface area (Å²) in [5.41, 5.74) is 5.52. The third kappa shape index (κ3) is 3.58. The summed E-state index contributed by atoms with van der Waals surface area (Å²) in [5.74, 6) is 2.59. The van der Waals surface area contributed by atoms with E-state index in [9.17, 15) is 0 Å². The zero-order valence-electron chi connectivity index (χ0n) is 10.00. The molecule has 2 heteroatoms. The SMILES string of the molecule is CC(CCCN)CN1CC(C)C(C)C1. The van der Waals surface area contributed by atoms with E-state index < -0.39 is 0 Å². The molecule has 1 saturated heterocycles. The molecule has 3 unspecified atom stereocenters. The second kappa shape index (κ2) is 5.72. The summed E-state index contributed by atoms with van der Waals surface area (Å²) in [6.45, 7) is 11.8. The number of likely N-dealkylation sites (tertiary alicyclic amines) is 1. The van der Waals surface area contributed by atoms with Gasteiger partial charge in [0.2, 0.25) is 0 Å². The first-order valence-electron chi connectivity index (χ1n) is 6.06. The van der Waals surface area contributed by atoms with Gasteiger partial charge in [-0.25, -0.2) is 0 Å². The van der Waals surface area contributed by atoms with E-state index in [1.807, 2.05) is 0 Å². The molecule has 1 rings (SSSR count). The normalized spacial score (nSPS) is 30.9. The number of nitrogens with two attached hydrogens (primary N) is 1. The van der Waals surface area contributed by atoms with Crippen molar-refractivity contribution in [2.45, 2.75) is 33.6 Å². The summed E-state index contributed by atoms with van der Waals surface area (Å²) in [5, 5.41) is 0. The highest BCUT2D eigenvalue weighted by Gasteiger charge is 2.26. The van der Waals surface area contributed by atoms with Crippen LogP contribution in [0, 0.1) is 17.8 Å². The lowest BCUT2D eigenvalue weighted by atomic mass is 10.0. The van der Waals surface area contributed by atoms with Gasteiger partial charge in [-0.3, -0.25) is 0 Å². The van der Waals surface area contributed by atoms with Gasteiger partial charge in [0.25, 0.3) is 0 Å². The first kappa shape index (κ1) is 12.0. The maximum absolute atomic E-state index is 5.52. The fourth-order valence-corrected chi connectivity index (χ4v) is 2.40. The van der Waals surface area contributed by atoms with Gasteiger partial charge in [0.1, 0.15) is 0 Å². The molecule has 1 aliphatic rings. The van der Waals surface area contributed by atoms with Gasteiger partial charge in [0.15, 0.2) is 0 Å². The van der Waals surface area contributed by atoms with E-state index in [-0.39, 0.29) is 0 Å². The van der Waals surface area contributed by atoms with Crippen LogP contribution in [0.3, 0.4) is 0 Å². The predicted octanol–water partition coefficient (Wildman–Crippen LogP) is 1.95. The van der Waals surface area contributed by atoms with E-state index in [2.05, 4.69) is 25.7 Å². The van der Waals surface area contributed by atoms with Gasteiger partial charge < -0.3 is 10.6 Å². The van der Waals surface area contributed by atoms with Crippen LogP contribution in [0.15, 0.2) is 0 Å². The second-order valence-corrected chi connectivity index (χ2v) is 5.21. The van der Waals surface area contributed by atoms with Crippen LogP contribution < -0.4 is 5.73 Å². The van der Waals surface area contributed by atoms with E-state index in [0.717, 1.165) is 24.3 Å². The van der Waals surface area contributed by atoms with Crippen LogP contribution in [-0.4, -0.2) is 31.1 Å². The average Bonchev–Trinajstić information content (AvgIpc) is 2.42. The van der Waals surface area contributed by atoms with Crippen molar-refractivity contribution in [3.8, 4) is 0 Å². The van der Waals surface area contributed by atoms with Crippen LogP contribution in [0.1, 0.15) is 33.6 Å². The first-order chi connectivity index (χ1) is 6.63. The average molecular weight is 198 g/mol. The van der Waals surface area contributed by atoms with Gasteiger partial charge in [0, 0.05) is 19.6 Å². The second-order valence-electron chi connectivity index (χ2n) is 5.21. The number of hydrogen-bond acceptors (Lipinski definition) is 2. The van der Waals surface area contributed by atoms with Crippen molar-refractivity contribution >= 4 is 0 Å². The van der Waals surface area contributed by atoms with Crippen molar-refractivity contribution in [1.29, 1.82) is 0 Å². The Morgan fingerprint density at radius 2 is 1.86 bits per heavy atom. The Kier molecular flexibility index (Phi) is 4.90. The van der Waals surface area contributed by atoms with Gasteiger partial charge in [-0.05, 0) is 37.1 Å². The van der Waals surface area contributed by atoms with Crippen LogP contribution in [-0.2, 0) is 0 Å². The van der Waals surface area contributed by atoms with Crippen molar-refractivity contribution in [3.05, 3.63) is 0 Å². The smallest absolute Gasteiger partial charge is 0.00103 e. The van der Waals surface area contributed by atoms with Gasteiger partial charge >= 0.3 is 0 Å². The van der Waals surface area contributed by atoms with E-state index in [0.29, 0.717) is 0 Å². The first-order valence-corrected chi connectivity index (χ1v) is 6.06. The number of hydrogen-bond donors (Lipinski definition) is 1. The molecule has 0 bridgehead atoms. The highest BCUT2D eigenvalue weighted by Crippen LogP contribution is 2.23. The van der Waals surface area contributed by atoms with Gasteiger partial charge in [-0.2, -0.15) is 0 Å². The molecule has 2 nitrogen and oxygen atoms in total. The molecule has 1 fully saturated rings. The Bertz CT molecular complexity index is 148. The Morgan fingerprint density at radius 1 is 1.29 bits per heavy atom. The maximum Gasteiger partial charge on any atom is 0.00103 e. The summed E-state index contributed by atoms with van der Waals surface area (Å²) in [6, 6.07) is 0. The van der Waals surface area contributed by atoms with Crippen molar-refractivity contribution in [2.24, 2.45) is 23.5 Å². The zero-order valence-corrected chi connectivity index (χ0v) is 10.00. The lowest BCUT2D eigenvalue weighted by molar-refractivity contribution is 0.268. The Labute approximate surface area is 88.8 Å². The molecule has 0 spiro atoms. The largest absolute Gasteiger partial charge is 0.330 e. The third-order valence-electron chi connectivity index (χ3n) is 3.53. The molecular weight excluding hydrogens is 172 g/mol. The summed E-state index contributed by atoms with van der Waals surface area (Å²) in [6.07, 6.45) is 2.47. The predicted molar refractivity (Wildman–Crippen MR) is 62.2 cm³/mol. The molecule has 2 N–H and O–H groups in total. The lowest BCUT2D eigenvalue weighted by Gasteiger charge is -2.20. The Morgan fingerprint density at radius 3 is 2.36 bits per heavy atom. The standard InChI is InChI=1S/C12H26N2/c1-10(5-4-6-13)7-14-8-11(2)12(3)9-14/h10-12H,4-9,13H2,1-3H3. The molecule has 0 aromatic carbocycles. The van der Waals surface area contributed by atoms with E-state index in [1.165, 1.54) is 32.5 Å². The summed E-state index contributed by atoms with van der Waals surface area (Å²) < 4.78 is 0. The maximum atomic E-state index is 5.52. The molecular formula is C12H26N2. The van der Waals surface area contributed by atoms with Crippen LogP contribution in [0.2, 0.25) is 0 Å². The third-order valence-corrected chi connectivity index (χ3v) is 3.53. The van der Waals surface area contributed by atoms with Crippen LogP contribution in [0.25, 0.3) is 0 Å². The minimum absolute atomic E-state index is 0.816. The van der Waals surface area contributed by atoms with Crippen LogP contribution in [0.4, 0.5) is 0 Å². The molecule has 0 radical (unpaired) electrons. The van der Waals surface area contributed by atoms with Crippen molar-refractivity contribution in [3.63, 3.8) is 0 Å². The summed E-state index contributed by atoms with van der Waals surface area (Å²) in [7, 11) is 0. The summed E-state index contributed by atoms with van der Waals surface area (Å²) in [4.78, 5) is 2.62. The highest BCUT2D eigenvalue weighted by molar-refractivity contribution is 4.79. The Hall–Kier alpha value is -0.0800. The monoisotopic (exact) mass is 198 g/mol. The van der Waals surface area contributed by atoms with Crippen molar-refractivity contribution < 1.29 is 0 Å². The van der Waals surface area contributed by atoms with E-state index >= 15 is 0 Å². The molecule has 14 heavy (non-hydrogen) atoms. The van der Waals surface area contributed by atoms with E-state index in [1.54, 1.807) is 0 Å². The van der Waals surface area contributed by atoms with Crippen molar-refractivity contribution in [1.82, 2.24) is 4.90 Å². The molecule has 84 valence electrons. The molecule has 1 aliphatic heterocycles. The molecule has 0 aromatic rings. The fourth-order valence-electron chi connectivity index (χ4n) is 2.40. The minimum atomic E-state index is 0.816. The van der Waals surface area contributed by atoms with Crippen LogP contribution in [0.5, 0.6) is 0 Å². The lowest BCUT2D eigenvalue weighted by Crippen LogP contribution is -2.26. The van der Waals surface area contributed by atoms with Crippen LogP contribution >= 0.6 is 0 Å². The molecule has 0 saturated carbocycles. The highest BCUT2D eigenvalue weighted by atomic mass is 15.1. The topological polar surface area (TPSA) is 29.3 Å². The molecule has 3 atom stereocenters. The summed E-state index contributed by atoms with van der Waals surface area (Å²) >= 11 is 0. The number of rotatable bonds is 5. The molecule has 0 aliphatic carbocycles. The Balaban J connectivity index is 2.18. The molecule has 0 aromatic heterocycles. The van der Waals surface area contributed by atoms with Crippen molar-refractivity contribution in [2.75, 3.05) is 26.2 Å². The fraction of sp³-hybridized carbons (Fsp3) is 1.00. The molecule has 1 heterocycles.